The first-order valence-corrected chi connectivity index (χ1v) is 11.0. The number of guanidine groups is 1. The van der Waals surface area contributed by atoms with E-state index in [0.717, 1.165) is 55.1 Å². The Bertz CT molecular complexity index is 954. The van der Waals surface area contributed by atoms with Gasteiger partial charge < -0.3 is 35.1 Å². The topological polar surface area (TPSA) is 84.6 Å². The summed E-state index contributed by atoms with van der Waals surface area (Å²) >= 11 is 0. The van der Waals surface area contributed by atoms with E-state index < -0.39 is 0 Å². The molecule has 0 atom stereocenters. The van der Waals surface area contributed by atoms with Crippen LogP contribution in [0.1, 0.15) is 13.8 Å². The molecule has 4 rings (SSSR count). The maximum absolute atomic E-state index is 5.94. The number of piperazine rings is 1. The van der Waals surface area contributed by atoms with E-state index in [0.29, 0.717) is 13.1 Å². The van der Waals surface area contributed by atoms with Gasteiger partial charge in [-0.1, -0.05) is 19.9 Å². The Hall–Kier alpha value is -3.13. The zero-order valence-electron chi connectivity index (χ0n) is 19.1. The number of methoxy groups -OCH3 is 1. The van der Waals surface area contributed by atoms with Crippen LogP contribution in [0.3, 0.4) is 0 Å². The summed E-state index contributed by atoms with van der Waals surface area (Å²) in [6.45, 7) is 9.27. The van der Waals surface area contributed by atoms with Crippen LogP contribution >= 0.6 is 0 Å². The Morgan fingerprint density at radius 2 is 1.88 bits per heavy atom. The summed E-state index contributed by atoms with van der Waals surface area (Å²) in [5.74, 6) is 3.25. The largest absolute Gasteiger partial charge is 0.497 e. The summed E-state index contributed by atoms with van der Waals surface area (Å²) in [6.07, 6.45) is 0. The third-order valence-electron chi connectivity index (χ3n) is 5.84. The molecule has 0 bridgehead atoms. The molecule has 3 N–H and O–H groups in total. The van der Waals surface area contributed by atoms with Crippen molar-refractivity contribution in [1.82, 2.24) is 4.90 Å². The number of nitrogens with one attached hydrogen (secondary N) is 1. The summed E-state index contributed by atoms with van der Waals surface area (Å²) in [6, 6.07) is 14.1. The SMILES string of the molecule is COc1cccc(N2CCN(C(=NCC(C)(C)CN)Nc3ccc4c(c3)OCO4)CC2)c1. The maximum atomic E-state index is 5.94. The highest BCUT2D eigenvalue weighted by atomic mass is 16.7. The van der Waals surface area contributed by atoms with Crippen molar-refractivity contribution in [1.29, 1.82) is 0 Å². The second-order valence-electron chi connectivity index (χ2n) is 8.88. The van der Waals surface area contributed by atoms with Gasteiger partial charge in [-0.3, -0.25) is 4.99 Å². The summed E-state index contributed by atoms with van der Waals surface area (Å²) in [5, 5.41) is 3.51. The van der Waals surface area contributed by atoms with Gasteiger partial charge in [0.05, 0.1) is 7.11 Å². The quantitative estimate of drug-likeness (QED) is 0.529. The molecule has 0 aliphatic carbocycles. The van der Waals surface area contributed by atoms with Gasteiger partial charge in [0.2, 0.25) is 6.79 Å². The molecular weight excluding hydrogens is 406 g/mol. The third-order valence-corrected chi connectivity index (χ3v) is 5.84. The van der Waals surface area contributed by atoms with Gasteiger partial charge in [0, 0.05) is 56.2 Å². The summed E-state index contributed by atoms with van der Waals surface area (Å²) in [5.41, 5.74) is 7.98. The lowest BCUT2D eigenvalue weighted by atomic mass is 9.94. The molecule has 2 heterocycles. The van der Waals surface area contributed by atoms with Gasteiger partial charge in [0.25, 0.3) is 0 Å². The first-order chi connectivity index (χ1) is 15.5. The van der Waals surface area contributed by atoms with Crippen LogP contribution in [0, 0.1) is 5.41 Å². The number of ether oxygens (including phenoxy) is 3. The molecule has 1 saturated heterocycles. The van der Waals surface area contributed by atoms with Gasteiger partial charge >= 0.3 is 0 Å². The Balaban J connectivity index is 1.48. The Morgan fingerprint density at radius 3 is 2.62 bits per heavy atom. The monoisotopic (exact) mass is 439 g/mol. The molecule has 2 aromatic rings. The first-order valence-electron chi connectivity index (χ1n) is 11.0. The average Bonchev–Trinajstić information content (AvgIpc) is 3.30. The number of nitrogens with two attached hydrogens (primary N) is 1. The van der Waals surface area contributed by atoms with Gasteiger partial charge in [-0.05, 0) is 36.2 Å². The lowest BCUT2D eigenvalue weighted by Gasteiger charge is -2.38. The number of rotatable bonds is 6. The molecular formula is C24H33N5O3. The van der Waals surface area contributed by atoms with E-state index in [-0.39, 0.29) is 12.2 Å². The minimum absolute atomic E-state index is 0.0652. The van der Waals surface area contributed by atoms with Crippen molar-refractivity contribution in [2.45, 2.75) is 13.8 Å². The Kier molecular flexibility index (Phi) is 6.60. The van der Waals surface area contributed by atoms with Crippen molar-refractivity contribution in [3.8, 4) is 17.2 Å². The molecule has 1 fully saturated rings. The summed E-state index contributed by atoms with van der Waals surface area (Å²) in [7, 11) is 1.70. The van der Waals surface area contributed by atoms with Crippen molar-refractivity contribution < 1.29 is 14.2 Å². The smallest absolute Gasteiger partial charge is 0.231 e. The van der Waals surface area contributed by atoms with Crippen molar-refractivity contribution in [2.75, 3.05) is 63.4 Å². The van der Waals surface area contributed by atoms with E-state index in [9.17, 15) is 0 Å². The number of anilines is 2. The zero-order valence-corrected chi connectivity index (χ0v) is 19.1. The maximum Gasteiger partial charge on any atom is 0.231 e. The van der Waals surface area contributed by atoms with Crippen LogP contribution < -0.4 is 30.2 Å². The molecule has 0 spiro atoms. The van der Waals surface area contributed by atoms with E-state index in [4.69, 9.17) is 24.9 Å². The van der Waals surface area contributed by atoms with Crippen LogP contribution in [0.15, 0.2) is 47.5 Å². The van der Waals surface area contributed by atoms with E-state index in [1.165, 1.54) is 5.69 Å². The van der Waals surface area contributed by atoms with Crippen LogP contribution in [0.25, 0.3) is 0 Å². The molecule has 0 saturated carbocycles. The first kappa shape index (κ1) is 22.1. The molecule has 0 aromatic heterocycles. The average molecular weight is 440 g/mol. The second-order valence-corrected chi connectivity index (χ2v) is 8.88. The van der Waals surface area contributed by atoms with Crippen LogP contribution in [0.2, 0.25) is 0 Å². The summed E-state index contributed by atoms with van der Waals surface area (Å²) in [4.78, 5) is 9.62. The molecule has 2 aromatic carbocycles. The Labute approximate surface area is 190 Å². The fourth-order valence-electron chi connectivity index (χ4n) is 3.66. The minimum Gasteiger partial charge on any atom is -0.497 e. The molecule has 0 amide bonds. The molecule has 172 valence electrons. The van der Waals surface area contributed by atoms with E-state index in [1.54, 1.807) is 7.11 Å². The molecule has 32 heavy (non-hydrogen) atoms. The van der Waals surface area contributed by atoms with Crippen molar-refractivity contribution in [2.24, 2.45) is 16.1 Å². The van der Waals surface area contributed by atoms with Crippen LogP contribution in [-0.2, 0) is 0 Å². The fraction of sp³-hybridized carbons (Fsp3) is 0.458. The number of hydrogen-bond donors (Lipinski definition) is 2. The highest BCUT2D eigenvalue weighted by Crippen LogP contribution is 2.34. The van der Waals surface area contributed by atoms with Crippen LogP contribution in [0.4, 0.5) is 11.4 Å². The van der Waals surface area contributed by atoms with Gasteiger partial charge in [-0.25, -0.2) is 0 Å². The number of nitrogens with zero attached hydrogens (tertiary/aromatic N) is 3. The van der Waals surface area contributed by atoms with Crippen LogP contribution in [-0.4, -0.2) is 64.0 Å². The lowest BCUT2D eigenvalue weighted by Crippen LogP contribution is -2.51. The molecule has 0 unspecified atom stereocenters. The molecule has 2 aliphatic rings. The normalized spacial score (nSPS) is 16.3. The number of fused-ring (bicyclic) bond motifs is 1. The molecule has 8 nitrogen and oxygen atoms in total. The van der Waals surface area contributed by atoms with Gasteiger partial charge in [0.1, 0.15) is 5.75 Å². The zero-order chi connectivity index (χ0) is 22.6. The van der Waals surface area contributed by atoms with Crippen molar-refractivity contribution in [3.63, 3.8) is 0 Å². The van der Waals surface area contributed by atoms with Crippen molar-refractivity contribution >= 4 is 17.3 Å². The predicted octanol–water partition coefficient (Wildman–Crippen LogP) is 3.00. The lowest BCUT2D eigenvalue weighted by molar-refractivity contribution is 0.174. The van der Waals surface area contributed by atoms with Gasteiger partial charge in [-0.2, -0.15) is 0 Å². The van der Waals surface area contributed by atoms with Crippen molar-refractivity contribution in [3.05, 3.63) is 42.5 Å². The van der Waals surface area contributed by atoms with Gasteiger partial charge in [0.15, 0.2) is 17.5 Å². The number of aliphatic imine (C=N–C) groups is 1. The minimum atomic E-state index is -0.0652. The molecule has 0 radical (unpaired) electrons. The Morgan fingerprint density at radius 1 is 1.09 bits per heavy atom. The second kappa shape index (κ2) is 9.56. The summed E-state index contributed by atoms with van der Waals surface area (Å²) < 4.78 is 16.3. The van der Waals surface area contributed by atoms with E-state index in [2.05, 4.69) is 41.1 Å². The number of hydrogen-bond acceptors (Lipinski definition) is 6. The predicted molar refractivity (Wildman–Crippen MR) is 128 cm³/mol. The highest BCUT2D eigenvalue weighted by molar-refractivity contribution is 5.94. The number of benzene rings is 2. The van der Waals surface area contributed by atoms with E-state index >= 15 is 0 Å². The fourth-order valence-corrected chi connectivity index (χ4v) is 3.66. The molecule has 8 heteroatoms. The highest BCUT2D eigenvalue weighted by Gasteiger charge is 2.23. The third kappa shape index (κ3) is 5.19. The van der Waals surface area contributed by atoms with E-state index in [1.807, 2.05) is 30.3 Å². The standard InChI is InChI=1S/C24H33N5O3/c1-24(2,15-25)16-26-23(27-18-7-8-21-22(13-18)32-17-31-21)29-11-9-28(10-12-29)19-5-4-6-20(14-19)30-3/h4-8,13-14H,9-12,15-17,25H2,1-3H3,(H,26,27). The molecule has 2 aliphatic heterocycles. The van der Waals surface area contributed by atoms with Crippen LogP contribution in [0.5, 0.6) is 17.2 Å². The van der Waals surface area contributed by atoms with Gasteiger partial charge in [-0.15, -0.1) is 0 Å².